The molecule has 2 unspecified atom stereocenters. The van der Waals surface area contributed by atoms with Crippen LogP contribution in [-0.2, 0) is 16.0 Å². The average Bonchev–Trinajstić information content (AvgIpc) is 3.12. The van der Waals surface area contributed by atoms with Gasteiger partial charge in [0.1, 0.15) is 6.04 Å². The Kier molecular flexibility index (Phi) is 8.61. The normalized spacial score (nSPS) is 19.8. The number of carbonyl (C=O) groups excluding carboxylic acids is 2. The molecule has 1 N–H and O–H groups in total. The molecule has 0 saturated carbocycles. The van der Waals surface area contributed by atoms with Gasteiger partial charge in [-0.3, -0.25) is 9.59 Å². The minimum Gasteiger partial charge on any atom is -0.354 e. The third-order valence-electron chi connectivity index (χ3n) is 5.73. The van der Waals surface area contributed by atoms with Gasteiger partial charge in [0.25, 0.3) is 0 Å². The van der Waals surface area contributed by atoms with Crippen LogP contribution in [0.4, 0.5) is 0 Å². The Hall–Kier alpha value is -2.01. The van der Waals surface area contributed by atoms with Crippen molar-refractivity contribution < 1.29 is 9.59 Å². The van der Waals surface area contributed by atoms with Crippen LogP contribution in [0.25, 0.3) is 0 Å². The van der Waals surface area contributed by atoms with E-state index in [1.54, 1.807) is 11.8 Å². The molecule has 1 fully saturated rings. The number of amides is 2. The van der Waals surface area contributed by atoms with Gasteiger partial charge in [0.15, 0.2) is 0 Å². The van der Waals surface area contributed by atoms with Crippen molar-refractivity contribution in [2.24, 2.45) is 5.92 Å². The van der Waals surface area contributed by atoms with E-state index in [2.05, 4.69) is 49.5 Å². The lowest BCUT2D eigenvalue weighted by Gasteiger charge is -2.28. The highest BCUT2D eigenvalue weighted by molar-refractivity contribution is 8.01. The molecule has 0 radical (unpaired) electrons. The Morgan fingerprint density at radius 1 is 1.23 bits per heavy atom. The standard InChI is InChI=1S/C25H34N2O2S/c1-19(2)17-22(24(28)26-16-15-21-11-7-4-8-12-21)27-18-30-23(25(27)29)14-13-20-9-5-3-6-10-20/h3-7,9-11,19,22-23H,8,12-18H2,1-2H3,(H,26,28). The van der Waals surface area contributed by atoms with Crippen molar-refractivity contribution in [3.8, 4) is 0 Å². The van der Waals surface area contributed by atoms with Gasteiger partial charge in [-0.15, -0.1) is 11.8 Å². The summed E-state index contributed by atoms with van der Waals surface area (Å²) in [5.74, 6) is 1.08. The molecule has 0 aromatic heterocycles. The second-order valence-electron chi connectivity index (χ2n) is 8.59. The summed E-state index contributed by atoms with van der Waals surface area (Å²) >= 11 is 1.68. The van der Waals surface area contributed by atoms with E-state index < -0.39 is 0 Å². The maximum atomic E-state index is 13.1. The predicted molar refractivity (Wildman–Crippen MR) is 125 cm³/mol. The molecule has 0 bridgehead atoms. The third kappa shape index (κ3) is 6.49. The van der Waals surface area contributed by atoms with E-state index in [4.69, 9.17) is 0 Å². The van der Waals surface area contributed by atoms with Crippen LogP contribution < -0.4 is 5.32 Å². The van der Waals surface area contributed by atoms with Gasteiger partial charge in [-0.1, -0.05) is 68.0 Å². The topological polar surface area (TPSA) is 49.4 Å². The van der Waals surface area contributed by atoms with E-state index in [0.717, 1.165) is 32.1 Å². The smallest absolute Gasteiger partial charge is 0.242 e. The van der Waals surface area contributed by atoms with Crippen LogP contribution in [0.5, 0.6) is 0 Å². The molecule has 1 heterocycles. The largest absolute Gasteiger partial charge is 0.354 e. The fraction of sp³-hybridized carbons (Fsp3) is 0.520. The molecule has 1 saturated heterocycles. The number of aryl methyl sites for hydroxylation is 1. The van der Waals surface area contributed by atoms with Crippen molar-refractivity contribution in [1.82, 2.24) is 10.2 Å². The fourth-order valence-corrected chi connectivity index (χ4v) is 5.24. The van der Waals surface area contributed by atoms with Crippen LogP contribution in [-0.4, -0.2) is 40.4 Å². The highest BCUT2D eigenvalue weighted by Gasteiger charge is 2.39. The molecular weight excluding hydrogens is 392 g/mol. The second kappa shape index (κ2) is 11.4. The van der Waals surface area contributed by atoms with Crippen LogP contribution in [0.15, 0.2) is 54.1 Å². The molecule has 0 spiro atoms. The Morgan fingerprint density at radius 3 is 2.73 bits per heavy atom. The molecule has 2 atom stereocenters. The van der Waals surface area contributed by atoms with Gasteiger partial charge >= 0.3 is 0 Å². The first-order valence-corrected chi connectivity index (χ1v) is 12.2. The van der Waals surface area contributed by atoms with E-state index in [1.165, 1.54) is 11.1 Å². The van der Waals surface area contributed by atoms with Crippen molar-refractivity contribution in [3.05, 3.63) is 59.7 Å². The number of hydrogen-bond acceptors (Lipinski definition) is 3. The average molecular weight is 427 g/mol. The minimum atomic E-state index is -0.369. The molecule has 3 rings (SSSR count). The van der Waals surface area contributed by atoms with Crippen molar-refractivity contribution in [1.29, 1.82) is 0 Å². The first kappa shape index (κ1) is 22.7. The lowest BCUT2D eigenvalue weighted by atomic mass is 10.00. The molecule has 1 aliphatic carbocycles. The maximum absolute atomic E-state index is 13.1. The van der Waals surface area contributed by atoms with Gasteiger partial charge in [-0.2, -0.15) is 0 Å². The van der Waals surface area contributed by atoms with E-state index in [9.17, 15) is 9.59 Å². The number of thioether (sulfide) groups is 1. The molecule has 1 aliphatic heterocycles. The van der Waals surface area contributed by atoms with Crippen LogP contribution in [0.3, 0.4) is 0 Å². The maximum Gasteiger partial charge on any atom is 0.242 e. The Labute approximate surface area is 185 Å². The van der Waals surface area contributed by atoms with Crippen LogP contribution in [0, 0.1) is 5.92 Å². The lowest BCUT2D eigenvalue weighted by molar-refractivity contribution is -0.138. The van der Waals surface area contributed by atoms with Crippen molar-refractivity contribution in [2.75, 3.05) is 12.4 Å². The Bertz CT molecular complexity index is 773. The number of rotatable bonds is 10. The SMILES string of the molecule is CC(C)CC(C(=O)NCCC1=CC=CCC1)N1CSC(CCc2ccccc2)C1=O. The zero-order valence-corrected chi connectivity index (χ0v) is 19.0. The molecule has 5 heteroatoms. The van der Waals surface area contributed by atoms with Gasteiger partial charge in [0, 0.05) is 6.54 Å². The first-order chi connectivity index (χ1) is 14.5. The first-order valence-electron chi connectivity index (χ1n) is 11.1. The number of benzene rings is 1. The Balaban J connectivity index is 1.54. The summed E-state index contributed by atoms with van der Waals surface area (Å²) in [7, 11) is 0. The van der Waals surface area contributed by atoms with E-state index in [0.29, 0.717) is 24.8 Å². The summed E-state index contributed by atoms with van der Waals surface area (Å²) in [6.07, 6.45) is 11.9. The summed E-state index contributed by atoms with van der Waals surface area (Å²) in [5, 5.41) is 3.05. The molecule has 30 heavy (non-hydrogen) atoms. The quantitative estimate of drug-likeness (QED) is 0.589. The van der Waals surface area contributed by atoms with Crippen molar-refractivity contribution >= 4 is 23.6 Å². The molecule has 1 aromatic rings. The monoisotopic (exact) mass is 426 g/mol. The Morgan fingerprint density at radius 2 is 2.03 bits per heavy atom. The third-order valence-corrected chi connectivity index (χ3v) is 7.00. The number of hydrogen-bond donors (Lipinski definition) is 1. The van der Waals surface area contributed by atoms with Gasteiger partial charge in [0.05, 0.1) is 11.1 Å². The molecule has 2 aliphatic rings. The van der Waals surface area contributed by atoms with Gasteiger partial charge in [-0.05, 0) is 50.0 Å². The van der Waals surface area contributed by atoms with E-state index in [-0.39, 0.29) is 23.1 Å². The van der Waals surface area contributed by atoms with E-state index >= 15 is 0 Å². The van der Waals surface area contributed by atoms with Crippen molar-refractivity contribution in [2.45, 2.75) is 63.7 Å². The minimum absolute atomic E-state index is 0.00619. The fourth-order valence-electron chi connectivity index (χ4n) is 4.03. The van der Waals surface area contributed by atoms with Crippen LogP contribution >= 0.6 is 11.8 Å². The molecule has 162 valence electrons. The molecule has 1 aromatic carbocycles. The van der Waals surface area contributed by atoms with Gasteiger partial charge < -0.3 is 10.2 Å². The van der Waals surface area contributed by atoms with Crippen LogP contribution in [0.2, 0.25) is 0 Å². The summed E-state index contributed by atoms with van der Waals surface area (Å²) < 4.78 is 0. The predicted octanol–water partition coefficient (Wildman–Crippen LogP) is 4.72. The molecule has 4 nitrogen and oxygen atoms in total. The number of nitrogens with zero attached hydrogens (tertiary/aromatic N) is 1. The number of allylic oxidation sites excluding steroid dienone is 3. The molecule has 2 amide bonds. The summed E-state index contributed by atoms with van der Waals surface area (Å²) in [6.45, 7) is 4.86. The summed E-state index contributed by atoms with van der Waals surface area (Å²) in [5.41, 5.74) is 2.64. The zero-order valence-electron chi connectivity index (χ0n) is 18.2. The van der Waals surface area contributed by atoms with E-state index in [1.807, 2.05) is 23.1 Å². The van der Waals surface area contributed by atoms with Crippen LogP contribution in [0.1, 0.15) is 51.5 Å². The number of nitrogens with one attached hydrogen (secondary N) is 1. The highest BCUT2D eigenvalue weighted by atomic mass is 32.2. The second-order valence-corrected chi connectivity index (χ2v) is 9.76. The number of carbonyl (C=O) groups is 2. The zero-order chi connectivity index (χ0) is 21.3. The summed E-state index contributed by atoms with van der Waals surface area (Å²) in [4.78, 5) is 27.9. The van der Waals surface area contributed by atoms with Gasteiger partial charge in [-0.25, -0.2) is 0 Å². The molecular formula is C25H34N2O2S. The summed E-state index contributed by atoms with van der Waals surface area (Å²) in [6, 6.07) is 9.93. The highest BCUT2D eigenvalue weighted by Crippen LogP contribution is 2.31. The lowest BCUT2D eigenvalue weighted by Crippen LogP contribution is -2.49. The van der Waals surface area contributed by atoms with Crippen molar-refractivity contribution in [3.63, 3.8) is 0 Å². The van der Waals surface area contributed by atoms with Gasteiger partial charge in [0.2, 0.25) is 11.8 Å².